The zero-order chi connectivity index (χ0) is 13.7. The smallest absolute Gasteiger partial charge is 0.251 e. The van der Waals surface area contributed by atoms with E-state index in [1.807, 2.05) is 56.4 Å². The maximum atomic E-state index is 12.0. The van der Waals surface area contributed by atoms with Crippen molar-refractivity contribution in [2.75, 3.05) is 12.4 Å². The number of hydrogen-bond acceptors (Lipinski definition) is 2. The van der Waals surface area contributed by atoms with Crippen molar-refractivity contribution < 1.29 is 4.79 Å². The Kier molecular flexibility index (Phi) is 4.18. The van der Waals surface area contributed by atoms with Gasteiger partial charge in [0.1, 0.15) is 0 Å². The van der Waals surface area contributed by atoms with Crippen LogP contribution in [0.4, 0.5) is 5.69 Å². The molecule has 3 nitrogen and oxygen atoms in total. The number of rotatable bonds is 4. The summed E-state index contributed by atoms with van der Waals surface area (Å²) in [5, 5.41) is 5.95. The molecule has 2 aromatic carbocycles. The number of carbonyl (C=O) groups is 1. The summed E-state index contributed by atoms with van der Waals surface area (Å²) >= 11 is 0. The van der Waals surface area contributed by atoms with Crippen LogP contribution in [0.25, 0.3) is 0 Å². The number of carbonyl (C=O) groups excluding carboxylic acids is 1. The Balaban J connectivity index is 2.01. The van der Waals surface area contributed by atoms with Crippen molar-refractivity contribution in [1.82, 2.24) is 5.32 Å². The Morgan fingerprint density at radius 3 is 2.63 bits per heavy atom. The van der Waals surface area contributed by atoms with Crippen molar-refractivity contribution >= 4 is 11.6 Å². The van der Waals surface area contributed by atoms with Gasteiger partial charge in [0.2, 0.25) is 0 Å². The third kappa shape index (κ3) is 3.58. The van der Waals surface area contributed by atoms with E-state index in [1.54, 1.807) is 0 Å². The fourth-order valence-corrected chi connectivity index (χ4v) is 1.92. The minimum atomic E-state index is -0.0568. The normalized spacial score (nSPS) is 10.0. The van der Waals surface area contributed by atoms with E-state index in [0.29, 0.717) is 12.1 Å². The molecule has 2 N–H and O–H groups in total. The fraction of sp³-hybridized carbons (Fsp3) is 0.188. The van der Waals surface area contributed by atoms with Gasteiger partial charge >= 0.3 is 0 Å². The fourth-order valence-electron chi connectivity index (χ4n) is 1.92. The van der Waals surface area contributed by atoms with Gasteiger partial charge in [-0.15, -0.1) is 0 Å². The average molecular weight is 254 g/mol. The first-order chi connectivity index (χ1) is 9.19. The van der Waals surface area contributed by atoms with Crippen molar-refractivity contribution in [3.8, 4) is 0 Å². The van der Waals surface area contributed by atoms with Crippen LogP contribution in [0.15, 0.2) is 48.5 Å². The van der Waals surface area contributed by atoms with Gasteiger partial charge in [0.25, 0.3) is 5.91 Å². The van der Waals surface area contributed by atoms with Crippen LogP contribution in [0.5, 0.6) is 0 Å². The van der Waals surface area contributed by atoms with Crippen molar-refractivity contribution in [2.45, 2.75) is 13.5 Å². The molecule has 3 heteroatoms. The largest absolute Gasteiger partial charge is 0.388 e. The third-order valence-electron chi connectivity index (χ3n) is 2.95. The van der Waals surface area contributed by atoms with Crippen LogP contribution in [0.2, 0.25) is 0 Å². The molecule has 0 aliphatic rings. The molecule has 0 atom stereocenters. The van der Waals surface area contributed by atoms with Crippen molar-refractivity contribution in [3.05, 3.63) is 65.2 Å². The quantitative estimate of drug-likeness (QED) is 0.880. The van der Waals surface area contributed by atoms with E-state index in [4.69, 9.17) is 0 Å². The van der Waals surface area contributed by atoms with E-state index < -0.39 is 0 Å². The molecule has 2 aromatic rings. The van der Waals surface area contributed by atoms with Gasteiger partial charge in [-0.05, 0) is 30.7 Å². The van der Waals surface area contributed by atoms with E-state index in [2.05, 4.69) is 16.7 Å². The van der Waals surface area contributed by atoms with Gasteiger partial charge in [-0.3, -0.25) is 4.79 Å². The van der Waals surface area contributed by atoms with Crippen LogP contribution in [0.3, 0.4) is 0 Å². The van der Waals surface area contributed by atoms with E-state index in [-0.39, 0.29) is 5.91 Å². The Morgan fingerprint density at radius 2 is 1.89 bits per heavy atom. The summed E-state index contributed by atoms with van der Waals surface area (Å²) in [6.45, 7) is 2.59. The Morgan fingerprint density at radius 1 is 1.11 bits per heavy atom. The van der Waals surface area contributed by atoms with Crippen molar-refractivity contribution in [1.29, 1.82) is 0 Å². The molecule has 0 saturated heterocycles. The maximum Gasteiger partial charge on any atom is 0.251 e. The number of amides is 1. The number of anilines is 1. The molecule has 0 saturated carbocycles. The summed E-state index contributed by atoms with van der Waals surface area (Å²) in [5.41, 5.74) is 3.91. The predicted molar refractivity (Wildman–Crippen MR) is 78.3 cm³/mol. The maximum absolute atomic E-state index is 12.0. The Hall–Kier alpha value is -2.29. The summed E-state index contributed by atoms with van der Waals surface area (Å²) in [6.07, 6.45) is 0. The summed E-state index contributed by atoms with van der Waals surface area (Å²) < 4.78 is 0. The molecule has 19 heavy (non-hydrogen) atoms. The molecule has 0 bridgehead atoms. The summed E-state index contributed by atoms with van der Waals surface area (Å²) in [6, 6.07) is 15.6. The summed E-state index contributed by atoms with van der Waals surface area (Å²) in [5.74, 6) is -0.0568. The number of nitrogens with one attached hydrogen (secondary N) is 2. The van der Waals surface area contributed by atoms with E-state index >= 15 is 0 Å². The first kappa shape index (κ1) is 13.1. The van der Waals surface area contributed by atoms with E-state index in [0.717, 1.165) is 11.3 Å². The highest BCUT2D eigenvalue weighted by Gasteiger charge is 2.05. The monoisotopic (exact) mass is 254 g/mol. The predicted octanol–water partition coefficient (Wildman–Crippen LogP) is 2.97. The highest BCUT2D eigenvalue weighted by molar-refractivity contribution is 5.95. The lowest BCUT2D eigenvalue weighted by atomic mass is 10.1. The highest BCUT2D eigenvalue weighted by atomic mass is 16.1. The molecule has 0 unspecified atom stereocenters. The van der Waals surface area contributed by atoms with Gasteiger partial charge in [-0.25, -0.2) is 0 Å². The second-order valence-electron chi connectivity index (χ2n) is 4.50. The zero-order valence-electron chi connectivity index (χ0n) is 11.2. The number of aryl methyl sites for hydroxylation is 1. The van der Waals surface area contributed by atoms with Crippen LogP contribution >= 0.6 is 0 Å². The third-order valence-corrected chi connectivity index (χ3v) is 2.95. The molecular formula is C16H18N2O. The van der Waals surface area contributed by atoms with E-state index in [1.165, 1.54) is 5.56 Å². The standard InChI is InChI=1S/C16H18N2O/c1-12-5-3-6-13(9-12)11-18-16(19)14-7-4-8-15(10-14)17-2/h3-10,17H,11H2,1-2H3,(H,18,19). The second-order valence-corrected chi connectivity index (χ2v) is 4.50. The first-order valence-corrected chi connectivity index (χ1v) is 6.30. The van der Waals surface area contributed by atoms with Crippen LogP contribution in [0.1, 0.15) is 21.5 Å². The molecule has 0 spiro atoms. The molecule has 2 rings (SSSR count). The van der Waals surface area contributed by atoms with E-state index in [9.17, 15) is 4.79 Å². The van der Waals surface area contributed by atoms with Crippen LogP contribution < -0.4 is 10.6 Å². The Labute approximate surface area is 113 Å². The molecule has 0 aromatic heterocycles. The van der Waals surface area contributed by atoms with Crippen molar-refractivity contribution in [2.24, 2.45) is 0 Å². The molecule has 0 aliphatic heterocycles. The second kappa shape index (κ2) is 6.05. The topological polar surface area (TPSA) is 41.1 Å². The minimum Gasteiger partial charge on any atom is -0.388 e. The van der Waals surface area contributed by atoms with Crippen molar-refractivity contribution in [3.63, 3.8) is 0 Å². The SMILES string of the molecule is CNc1cccc(C(=O)NCc2cccc(C)c2)c1. The average Bonchev–Trinajstić information content (AvgIpc) is 2.45. The van der Waals surface area contributed by atoms with Gasteiger partial charge in [-0.2, -0.15) is 0 Å². The lowest BCUT2D eigenvalue weighted by Crippen LogP contribution is -2.22. The lowest BCUT2D eigenvalue weighted by Gasteiger charge is -2.07. The zero-order valence-corrected chi connectivity index (χ0v) is 11.2. The molecule has 0 fully saturated rings. The molecule has 0 heterocycles. The van der Waals surface area contributed by atoms with Crippen LogP contribution in [-0.2, 0) is 6.54 Å². The van der Waals surface area contributed by atoms with Crippen LogP contribution in [-0.4, -0.2) is 13.0 Å². The molecule has 0 radical (unpaired) electrons. The van der Waals surface area contributed by atoms with Gasteiger partial charge in [-0.1, -0.05) is 35.9 Å². The molecule has 1 amide bonds. The summed E-state index contributed by atoms with van der Waals surface area (Å²) in [7, 11) is 1.84. The van der Waals surface area contributed by atoms with Gasteiger partial charge in [0.15, 0.2) is 0 Å². The summed E-state index contributed by atoms with van der Waals surface area (Å²) in [4.78, 5) is 12.0. The molecule has 98 valence electrons. The minimum absolute atomic E-state index is 0.0568. The van der Waals surface area contributed by atoms with Gasteiger partial charge in [0.05, 0.1) is 0 Å². The number of benzene rings is 2. The lowest BCUT2D eigenvalue weighted by molar-refractivity contribution is 0.0951. The molecule has 0 aliphatic carbocycles. The van der Waals surface area contributed by atoms with Gasteiger partial charge < -0.3 is 10.6 Å². The highest BCUT2D eigenvalue weighted by Crippen LogP contribution is 2.10. The van der Waals surface area contributed by atoms with Crippen LogP contribution in [0, 0.1) is 6.92 Å². The first-order valence-electron chi connectivity index (χ1n) is 6.30. The molecular weight excluding hydrogens is 236 g/mol. The van der Waals surface area contributed by atoms with Gasteiger partial charge in [0, 0.05) is 24.8 Å². The number of hydrogen-bond donors (Lipinski definition) is 2. The Bertz CT molecular complexity index is 578.